The molecule has 0 bridgehead atoms. The number of aromatic nitrogens is 3. The molecular formula is C19H20BrN5O2. The Labute approximate surface area is 166 Å². The number of pyridine rings is 1. The summed E-state index contributed by atoms with van der Waals surface area (Å²) in [6, 6.07) is 11.0. The third-order valence-electron chi connectivity index (χ3n) is 3.81. The standard InChI is InChI=1S/C19H20BrN5O2/c1-12(13(2)26)23-18-17(20)11-22-19(25-18)24-14-5-7-15(8-6-14)27-16-4-3-9-21-10-16/h3-13,26H,1-2H3,(H2,22,23,24,25)/t12-,13-/m1/s1. The van der Waals surface area contributed by atoms with Crippen LogP contribution in [0, 0.1) is 0 Å². The monoisotopic (exact) mass is 429 g/mol. The average Bonchev–Trinajstić information content (AvgIpc) is 2.67. The molecule has 0 radical (unpaired) electrons. The van der Waals surface area contributed by atoms with Gasteiger partial charge in [0.1, 0.15) is 17.3 Å². The molecule has 27 heavy (non-hydrogen) atoms. The highest BCUT2D eigenvalue weighted by Crippen LogP contribution is 2.25. The molecule has 2 atom stereocenters. The van der Waals surface area contributed by atoms with Crippen molar-refractivity contribution in [1.82, 2.24) is 15.0 Å². The lowest BCUT2D eigenvalue weighted by molar-refractivity contribution is 0.177. The molecule has 1 aromatic carbocycles. The summed E-state index contributed by atoms with van der Waals surface area (Å²) in [7, 11) is 0. The summed E-state index contributed by atoms with van der Waals surface area (Å²) in [5.74, 6) is 2.44. The summed E-state index contributed by atoms with van der Waals surface area (Å²) in [5.41, 5.74) is 0.824. The maximum atomic E-state index is 9.66. The summed E-state index contributed by atoms with van der Waals surface area (Å²) >= 11 is 3.42. The zero-order valence-corrected chi connectivity index (χ0v) is 16.5. The van der Waals surface area contributed by atoms with Crippen LogP contribution in [0.3, 0.4) is 0 Å². The van der Waals surface area contributed by atoms with Gasteiger partial charge in [0.15, 0.2) is 0 Å². The first-order valence-corrected chi connectivity index (χ1v) is 9.22. The number of nitrogens with zero attached hydrogens (tertiary/aromatic N) is 3. The number of anilines is 3. The molecule has 2 heterocycles. The maximum Gasteiger partial charge on any atom is 0.229 e. The molecule has 0 saturated carbocycles. The van der Waals surface area contributed by atoms with Crippen molar-refractivity contribution in [2.24, 2.45) is 0 Å². The van der Waals surface area contributed by atoms with Crippen LogP contribution in [0.25, 0.3) is 0 Å². The van der Waals surface area contributed by atoms with Gasteiger partial charge < -0.3 is 20.5 Å². The maximum absolute atomic E-state index is 9.66. The molecule has 140 valence electrons. The van der Waals surface area contributed by atoms with E-state index in [2.05, 4.69) is 41.5 Å². The molecular weight excluding hydrogens is 410 g/mol. The molecule has 0 saturated heterocycles. The van der Waals surface area contributed by atoms with Gasteiger partial charge in [-0.25, -0.2) is 4.98 Å². The van der Waals surface area contributed by atoms with E-state index in [1.54, 1.807) is 25.5 Å². The summed E-state index contributed by atoms with van der Waals surface area (Å²) in [6.45, 7) is 3.61. The van der Waals surface area contributed by atoms with Crippen molar-refractivity contribution < 1.29 is 9.84 Å². The fourth-order valence-electron chi connectivity index (χ4n) is 2.14. The molecule has 0 aliphatic heterocycles. The fraction of sp³-hybridized carbons (Fsp3) is 0.211. The van der Waals surface area contributed by atoms with Gasteiger partial charge in [0.25, 0.3) is 0 Å². The van der Waals surface area contributed by atoms with Crippen LogP contribution in [0.15, 0.2) is 59.5 Å². The number of halogens is 1. The third kappa shape index (κ3) is 5.38. The third-order valence-corrected chi connectivity index (χ3v) is 4.39. The van der Waals surface area contributed by atoms with Crippen molar-refractivity contribution in [3.05, 3.63) is 59.5 Å². The SMILES string of the molecule is C[C@@H](O)[C@@H](C)Nc1nc(Nc2ccc(Oc3cccnc3)cc2)ncc1Br. The number of hydrogen-bond acceptors (Lipinski definition) is 7. The van der Waals surface area contributed by atoms with Crippen molar-refractivity contribution >= 4 is 33.4 Å². The average molecular weight is 430 g/mol. The number of aliphatic hydroxyl groups is 1. The Morgan fingerprint density at radius 1 is 1.07 bits per heavy atom. The zero-order chi connectivity index (χ0) is 19.2. The van der Waals surface area contributed by atoms with Gasteiger partial charge in [-0.15, -0.1) is 0 Å². The van der Waals surface area contributed by atoms with E-state index < -0.39 is 6.10 Å². The summed E-state index contributed by atoms with van der Waals surface area (Å²) in [4.78, 5) is 12.7. The molecule has 3 N–H and O–H groups in total. The Hall–Kier alpha value is -2.71. The van der Waals surface area contributed by atoms with E-state index in [0.717, 1.165) is 10.2 Å². The zero-order valence-electron chi connectivity index (χ0n) is 14.9. The summed E-state index contributed by atoms with van der Waals surface area (Å²) in [6.07, 6.45) is 4.51. The Bertz CT molecular complexity index is 875. The number of ether oxygens (including phenoxy) is 1. The molecule has 0 aliphatic carbocycles. The van der Waals surface area contributed by atoms with E-state index in [9.17, 15) is 5.11 Å². The second-order valence-corrected chi connectivity index (χ2v) is 6.86. The second kappa shape index (κ2) is 8.79. The van der Waals surface area contributed by atoms with Gasteiger partial charge in [0.05, 0.1) is 22.8 Å². The highest BCUT2D eigenvalue weighted by Gasteiger charge is 2.12. The predicted molar refractivity (Wildman–Crippen MR) is 109 cm³/mol. The molecule has 3 aromatic rings. The smallest absolute Gasteiger partial charge is 0.229 e. The van der Waals surface area contributed by atoms with Crippen molar-refractivity contribution in [3.8, 4) is 11.5 Å². The minimum Gasteiger partial charge on any atom is -0.456 e. The molecule has 2 aromatic heterocycles. The number of nitrogens with one attached hydrogen (secondary N) is 2. The highest BCUT2D eigenvalue weighted by molar-refractivity contribution is 9.10. The highest BCUT2D eigenvalue weighted by atomic mass is 79.9. The van der Waals surface area contributed by atoms with Crippen LogP contribution in [0.5, 0.6) is 11.5 Å². The molecule has 7 nitrogen and oxygen atoms in total. The van der Waals surface area contributed by atoms with Gasteiger partial charge in [-0.2, -0.15) is 4.98 Å². The molecule has 0 unspecified atom stereocenters. The van der Waals surface area contributed by atoms with Crippen LogP contribution < -0.4 is 15.4 Å². The molecule has 0 fully saturated rings. The quantitative estimate of drug-likeness (QED) is 0.513. The first kappa shape index (κ1) is 19.1. The Morgan fingerprint density at radius 2 is 1.85 bits per heavy atom. The van der Waals surface area contributed by atoms with Gasteiger partial charge >= 0.3 is 0 Å². The van der Waals surface area contributed by atoms with Crippen LogP contribution >= 0.6 is 15.9 Å². The Balaban J connectivity index is 1.68. The van der Waals surface area contributed by atoms with Crippen molar-refractivity contribution in [3.63, 3.8) is 0 Å². The van der Waals surface area contributed by atoms with Gasteiger partial charge in [-0.3, -0.25) is 4.98 Å². The molecule has 8 heteroatoms. The van der Waals surface area contributed by atoms with Crippen molar-refractivity contribution in [2.75, 3.05) is 10.6 Å². The minimum absolute atomic E-state index is 0.145. The topological polar surface area (TPSA) is 92.2 Å². The predicted octanol–water partition coefficient (Wildman–Crippen LogP) is 4.35. The van der Waals surface area contributed by atoms with Crippen molar-refractivity contribution in [1.29, 1.82) is 0 Å². The molecule has 0 spiro atoms. The number of rotatable bonds is 7. The lowest BCUT2D eigenvalue weighted by atomic mass is 10.2. The van der Waals surface area contributed by atoms with Gasteiger partial charge in [-0.05, 0) is 66.2 Å². The Kier molecular flexibility index (Phi) is 6.20. The van der Waals surface area contributed by atoms with Crippen LogP contribution in [-0.2, 0) is 0 Å². The second-order valence-electron chi connectivity index (χ2n) is 6.00. The van der Waals surface area contributed by atoms with Crippen LogP contribution in [0.2, 0.25) is 0 Å². The van der Waals surface area contributed by atoms with E-state index in [1.807, 2.05) is 43.3 Å². The largest absolute Gasteiger partial charge is 0.456 e. The number of aliphatic hydroxyl groups excluding tert-OH is 1. The van der Waals surface area contributed by atoms with E-state index in [-0.39, 0.29) is 6.04 Å². The lowest BCUT2D eigenvalue weighted by Crippen LogP contribution is -2.28. The van der Waals surface area contributed by atoms with Gasteiger partial charge in [0, 0.05) is 18.1 Å². The van der Waals surface area contributed by atoms with Crippen LogP contribution in [0.4, 0.5) is 17.5 Å². The molecule has 0 aliphatic rings. The van der Waals surface area contributed by atoms with Crippen LogP contribution in [-0.4, -0.2) is 32.2 Å². The van der Waals surface area contributed by atoms with Gasteiger partial charge in [-0.1, -0.05) is 0 Å². The first-order chi connectivity index (χ1) is 13.0. The summed E-state index contributed by atoms with van der Waals surface area (Å²) in [5, 5.41) is 16.0. The van der Waals surface area contributed by atoms with Crippen molar-refractivity contribution in [2.45, 2.75) is 26.0 Å². The minimum atomic E-state index is -0.504. The number of hydrogen-bond donors (Lipinski definition) is 3. The first-order valence-electron chi connectivity index (χ1n) is 8.43. The molecule has 3 rings (SSSR count). The Morgan fingerprint density at radius 3 is 2.52 bits per heavy atom. The fourth-order valence-corrected chi connectivity index (χ4v) is 2.45. The van der Waals surface area contributed by atoms with E-state index >= 15 is 0 Å². The lowest BCUT2D eigenvalue weighted by Gasteiger charge is -2.18. The van der Waals surface area contributed by atoms with Gasteiger partial charge in [0.2, 0.25) is 5.95 Å². The van der Waals surface area contributed by atoms with E-state index in [1.165, 1.54) is 0 Å². The van der Waals surface area contributed by atoms with E-state index in [0.29, 0.717) is 23.3 Å². The normalized spacial score (nSPS) is 12.9. The van der Waals surface area contributed by atoms with E-state index in [4.69, 9.17) is 4.74 Å². The van der Waals surface area contributed by atoms with Crippen LogP contribution in [0.1, 0.15) is 13.8 Å². The number of benzene rings is 1. The summed E-state index contributed by atoms with van der Waals surface area (Å²) < 4.78 is 6.45. The molecule has 0 amide bonds.